The van der Waals surface area contributed by atoms with Crippen molar-refractivity contribution in [2.24, 2.45) is 0 Å². The van der Waals surface area contributed by atoms with Gasteiger partial charge in [0.25, 0.3) is 0 Å². The van der Waals surface area contributed by atoms with E-state index in [2.05, 4.69) is 5.32 Å². The number of hydrogen-bond acceptors (Lipinski definition) is 5. The molecule has 6 nitrogen and oxygen atoms in total. The second kappa shape index (κ2) is 8.95. The molecule has 6 heteroatoms. The summed E-state index contributed by atoms with van der Waals surface area (Å²) in [4.78, 5) is 24.0. The fourth-order valence-corrected chi connectivity index (χ4v) is 1.12. The number of nitrogens with one attached hydrogen (secondary N) is 1. The third-order valence-corrected chi connectivity index (χ3v) is 2.38. The molecule has 0 aromatic carbocycles. The summed E-state index contributed by atoms with van der Waals surface area (Å²) in [5, 5.41) is 2.90. The van der Waals surface area contributed by atoms with Crippen LogP contribution in [0.25, 0.3) is 0 Å². The number of likely N-dealkylation sites (N-methyl/N-ethyl adjacent to an activating group) is 1. The maximum atomic E-state index is 11.6. The zero-order valence-corrected chi connectivity index (χ0v) is 11.0. The van der Waals surface area contributed by atoms with E-state index in [-0.39, 0.29) is 24.5 Å². The number of methoxy groups -OCH3 is 1. The van der Waals surface area contributed by atoms with Gasteiger partial charge in [-0.1, -0.05) is 6.92 Å². The molecule has 0 aromatic rings. The van der Waals surface area contributed by atoms with Crippen LogP contribution in [0.15, 0.2) is 0 Å². The van der Waals surface area contributed by atoms with E-state index in [0.29, 0.717) is 19.7 Å². The molecule has 0 saturated carbocycles. The van der Waals surface area contributed by atoms with Crippen LogP contribution in [-0.2, 0) is 19.1 Å². The summed E-state index contributed by atoms with van der Waals surface area (Å²) in [6.07, 6.45) is 0.630. The van der Waals surface area contributed by atoms with E-state index in [1.54, 1.807) is 14.2 Å². The molecule has 0 aliphatic rings. The predicted molar refractivity (Wildman–Crippen MR) is 63.4 cm³/mol. The molecule has 0 radical (unpaired) electrons. The van der Waals surface area contributed by atoms with E-state index in [4.69, 9.17) is 9.47 Å². The molecule has 17 heavy (non-hydrogen) atoms. The fourth-order valence-electron chi connectivity index (χ4n) is 1.12. The lowest BCUT2D eigenvalue weighted by molar-refractivity contribution is -0.148. The van der Waals surface area contributed by atoms with Gasteiger partial charge in [-0.3, -0.25) is 14.9 Å². The molecular weight excluding hydrogens is 224 g/mol. The smallest absolute Gasteiger partial charge is 0.323 e. The van der Waals surface area contributed by atoms with Crippen molar-refractivity contribution in [2.45, 2.75) is 26.3 Å². The number of rotatable bonds is 8. The Labute approximate surface area is 102 Å². The Bertz CT molecular complexity index is 246. The van der Waals surface area contributed by atoms with Crippen molar-refractivity contribution < 1.29 is 19.1 Å². The molecule has 0 unspecified atom stereocenters. The molecule has 0 aliphatic carbocycles. The number of carbonyl (C=O) groups excluding carboxylic acids is 2. The van der Waals surface area contributed by atoms with Gasteiger partial charge in [0.2, 0.25) is 5.91 Å². The highest BCUT2D eigenvalue weighted by Crippen LogP contribution is 1.95. The number of carbonyl (C=O) groups is 2. The van der Waals surface area contributed by atoms with Crippen LogP contribution in [0.5, 0.6) is 0 Å². The molecule has 0 saturated heterocycles. The minimum absolute atomic E-state index is 0.0504. The lowest BCUT2D eigenvalue weighted by Crippen LogP contribution is -2.39. The maximum Gasteiger partial charge on any atom is 0.323 e. The standard InChI is InChI=1S/C11H22N2O4/c1-5-10(12-8-16-4)11(15)17-7-6-13(3)9(2)14/h10,12H,5-8H2,1-4H3/t10-/m0/s1. The summed E-state index contributed by atoms with van der Waals surface area (Å²) >= 11 is 0. The van der Waals surface area contributed by atoms with Crippen molar-refractivity contribution in [3.8, 4) is 0 Å². The summed E-state index contributed by atoms with van der Waals surface area (Å²) in [5.41, 5.74) is 0. The highest BCUT2D eigenvalue weighted by Gasteiger charge is 2.17. The lowest BCUT2D eigenvalue weighted by Gasteiger charge is -2.18. The van der Waals surface area contributed by atoms with Gasteiger partial charge in [-0.05, 0) is 6.42 Å². The fraction of sp³-hybridized carbons (Fsp3) is 0.818. The molecule has 0 heterocycles. The summed E-state index contributed by atoms with van der Waals surface area (Å²) in [7, 11) is 3.21. The van der Waals surface area contributed by atoms with Crippen LogP contribution in [0.1, 0.15) is 20.3 Å². The second-order valence-electron chi connectivity index (χ2n) is 3.71. The highest BCUT2D eigenvalue weighted by molar-refractivity contribution is 5.75. The van der Waals surface area contributed by atoms with E-state index in [1.165, 1.54) is 11.8 Å². The van der Waals surface area contributed by atoms with Crippen molar-refractivity contribution >= 4 is 11.9 Å². The van der Waals surface area contributed by atoms with Gasteiger partial charge in [0.05, 0.1) is 13.3 Å². The zero-order valence-electron chi connectivity index (χ0n) is 11.0. The summed E-state index contributed by atoms with van der Waals surface area (Å²) in [6.45, 7) is 4.27. The average Bonchev–Trinajstić information content (AvgIpc) is 2.29. The van der Waals surface area contributed by atoms with Gasteiger partial charge < -0.3 is 14.4 Å². The average molecular weight is 246 g/mol. The SMILES string of the molecule is CC[C@H](NCOC)C(=O)OCCN(C)C(C)=O. The van der Waals surface area contributed by atoms with Gasteiger partial charge in [-0.25, -0.2) is 0 Å². The van der Waals surface area contributed by atoms with Crippen molar-refractivity contribution in [3.05, 3.63) is 0 Å². The first-order chi connectivity index (χ1) is 8.02. The van der Waals surface area contributed by atoms with Crippen LogP contribution in [0.3, 0.4) is 0 Å². The molecule has 0 aliphatic heterocycles. The first-order valence-electron chi connectivity index (χ1n) is 5.63. The van der Waals surface area contributed by atoms with E-state index in [9.17, 15) is 9.59 Å². The van der Waals surface area contributed by atoms with Crippen molar-refractivity contribution in [1.82, 2.24) is 10.2 Å². The third-order valence-electron chi connectivity index (χ3n) is 2.38. The van der Waals surface area contributed by atoms with E-state index >= 15 is 0 Å². The van der Waals surface area contributed by atoms with Crippen molar-refractivity contribution in [1.29, 1.82) is 0 Å². The minimum Gasteiger partial charge on any atom is -0.463 e. The molecule has 0 rings (SSSR count). The zero-order chi connectivity index (χ0) is 13.3. The topological polar surface area (TPSA) is 67.9 Å². The molecule has 1 N–H and O–H groups in total. The van der Waals surface area contributed by atoms with Crippen LogP contribution in [0, 0.1) is 0 Å². The number of ether oxygens (including phenoxy) is 2. The summed E-state index contributed by atoms with van der Waals surface area (Å²) in [6, 6.07) is -0.363. The Morgan fingerprint density at radius 1 is 1.41 bits per heavy atom. The molecule has 0 bridgehead atoms. The molecular formula is C11H22N2O4. The summed E-state index contributed by atoms with van der Waals surface area (Å²) in [5.74, 6) is -0.368. The maximum absolute atomic E-state index is 11.6. The van der Waals surface area contributed by atoms with Crippen LogP contribution >= 0.6 is 0 Å². The predicted octanol–water partition coefficient (Wildman–Crippen LogP) is -0.0200. The Kier molecular flexibility index (Phi) is 8.35. The number of hydrogen-bond donors (Lipinski definition) is 1. The van der Waals surface area contributed by atoms with Crippen LogP contribution in [0.2, 0.25) is 0 Å². The van der Waals surface area contributed by atoms with E-state index in [0.717, 1.165) is 0 Å². The minimum atomic E-state index is -0.363. The van der Waals surface area contributed by atoms with Crippen molar-refractivity contribution in [3.63, 3.8) is 0 Å². The normalized spacial score (nSPS) is 12.0. The largest absolute Gasteiger partial charge is 0.463 e. The van der Waals surface area contributed by atoms with Crippen LogP contribution in [0.4, 0.5) is 0 Å². The molecule has 0 spiro atoms. The lowest BCUT2D eigenvalue weighted by atomic mass is 10.2. The highest BCUT2D eigenvalue weighted by atomic mass is 16.5. The number of esters is 1. The van der Waals surface area contributed by atoms with Gasteiger partial charge in [-0.2, -0.15) is 0 Å². The second-order valence-corrected chi connectivity index (χ2v) is 3.71. The Morgan fingerprint density at radius 3 is 2.53 bits per heavy atom. The van der Waals surface area contributed by atoms with Gasteiger partial charge in [0.15, 0.2) is 0 Å². The number of nitrogens with zero attached hydrogens (tertiary/aromatic N) is 1. The molecule has 0 fully saturated rings. The molecule has 1 atom stereocenters. The van der Waals surface area contributed by atoms with Gasteiger partial charge >= 0.3 is 5.97 Å². The van der Waals surface area contributed by atoms with Crippen LogP contribution < -0.4 is 5.32 Å². The third kappa shape index (κ3) is 6.91. The summed E-state index contributed by atoms with van der Waals surface area (Å²) < 4.78 is 9.89. The van der Waals surface area contributed by atoms with Gasteiger partial charge in [0.1, 0.15) is 12.6 Å². The monoisotopic (exact) mass is 246 g/mol. The number of amides is 1. The van der Waals surface area contributed by atoms with Crippen LogP contribution in [-0.4, -0.2) is 56.9 Å². The molecule has 1 amide bonds. The Morgan fingerprint density at radius 2 is 2.06 bits per heavy atom. The van der Waals surface area contributed by atoms with Gasteiger partial charge in [-0.15, -0.1) is 0 Å². The first kappa shape index (κ1) is 15.9. The molecule has 100 valence electrons. The Hall–Kier alpha value is -1.14. The first-order valence-corrected chi connectivity index (χ1v) is 5.63. The molecule has 0 aromatic heterocycles. The quantitative estimate of drug-likeness (QED) is 0.481. The van der Waals surface area contributed by atoms with E-state index in [1.807, 2.05) is 6.92 Å². The van der Waals surface area contributed by atoms with E-state index < -0.39 is 0 Å². The Balaban J connectivity index is 3.86. The van der Waals surface area contributed by atoms with Crippen molar-refractivity contribution in [2.75, 3.05) is 34.0 Å². The van der Waals surface area contributed by atoms with Gasteiger partial charge in [0, 0.05) is 21.1 Å².